The molecule has 5 rings (SSSR count). The number of aromatic amines is 1. The Morgan fingerprint density at radius 1 is 1.32 bits per heavy atom. The molecule has 160 valence electrons. The number of H-pyrrole nitrogens is 1. The molecule has 0 aliphatic heterocycles. The molecule has 5 heteroatoms. The lowest BCUT2D eigenvalue weighted by Crippen LogP contribution is -2.47. The summed E-state index contributed by atoms with van der Waals surface area (Å²) in [5, 5.41) is 0.932. The van der Waals surface area contributed by atoms with E-state index in [1.165, 1.54) is 18.4 Å². The Kier molecular flexibility index (Phi) is 4.60. The van der Waals surface area contributed by atoms with Crippen LogP contribution in [0.5, 0.6) is 0 Å². The van der Waals surface area contributed by atoms with Crippen molar-refractivity contribution in [3.05, 3.63) is 87.7 Å². The molecule has 1 N–H and O–H groups in total. The predicted octanol–water partition coefficient (Wildman–Crippen LogP) is 6.04. The Labute approximate surface area is 191 Å². The van der Waals surface area contributed by atoms with Crippen LogP contribution < -0.4 is 5.56 Å². The molecule has 0 saturated heterocycles. The van der Waals surface area contributed by atoms with Crippen LogP contribution in [0.2, 0.25) is 0 Å². The molecule has 2 saturated carbocycles. The highest BCUT2D eigenvalue weighted by molar-refractivity contribution is 9.10. The third-order valence-corrected chi connectivity index (χ3v) is 8.06. The summed E-state index contributed by atoms with van der Waals surface area (Å²) in [5.41, 5.74) is 5.27. The molecule has 2 fully saturated rings. The first-order valence-corrected chi connectivity index (χ1v) is 11.7. The SMILES string of the molecule is C=CN(C)C(=C)C1(c2cccc(-n3cc(Br)c4cc(CC)[nH]c4c3=O)c2)CC2(CC2)C1. The average molecular weight is 478 g/mol. The van der Waals surface area contributed by atoms with Gasteiger partial charge in [0, 0.05) is 45.6 Å². The minimum Gasteiger partial charge on any atom is -0.355 e. The van der Waals surface area contributed by atoms with E-state index in [1.807, 2.05) is 30.4 Å². The van der Waals surface area contributed by atoms with Crippen LogP contribution in [0, 0.1) is 5.41 Å². The van der Waals surface area contributed by atoms with Crippen molar-refractivity contribution in [2.75, 3.05) is 7.05 Å². The van der Waals surface area contributed by atoms with E-state index in [4.69, 9.17) is 0 Å². The Morgan fingerprint density at radius 3 is 2.71 bits per heavy atom. The normalized spacial score (nSPS) is 18.0. The van der Waals surface area contributed by atoms with Gasteiger partial charge in [0.05, 0.1) is 0 Å². The van der Waals surface area contributed by atoms with Gasteiger partial charge in [0.2, 0.25) is 0 Å². The fourth-order valence-electron chi connectivity index (χ4n) is 5.35. The van der Waals surface area contributed by atoms with Gasteiger partial charge in [0.15, 0.2) is 0 Å². The molecule has 4 nitrogen and oxygen atoms in total. The van der Waals surface area contributed by atoms with Crippen LogP contribution in [0.3, 0.4) is 0 Å². The number of hydrogen-bond donors (Lipinski definition) is 1. The van der Waals surface area contributed by atoms with E-state index in [9.17, 15) is 4.79 Å². The molecule has 0 bridgehead atoms. The first-order valence-electron chi connectivity index (χ1n) is 10.9. The summed E-state index contributed by atoms with van der Waals surface area (Å²) in [5.74, 6) is 0. The summed E-state index contributed by atoms with van der Waals surface area (Å²) in [4.78, 5) is 18.7. The number of nitrogens with zero attached hydrogens (tertiary/aromatic N) is 2. The zero-order chi connectivity index (χ0) is 22.0. The summed E-state index contributed by atoms with van der Waals surface area (Å²) in [6, 6.07) is 10.5. The zero-order valence-corrected chi connectivity index (χ0v) is 19.8. The maximum Gasteiger partial charge on any atom is 0.279 e. The van der Waals surface area contributed by atoms with Crippen molar-refractivity contribution in [1.29, 1.82) is 0 Å². The molecule has 0 unspecified atom stereocenters. The molecule has 2 heterocycles. The molecular formula is C26H28BrN3O. The maximum atomic E-state index is 13.3. The van der Waals surface area contributed by atoms with E-state index in [2.05, 4.69) is 65.3 Å². The van der Waals surface area contributed by atoms with Gasteiger partial charge in [0.1, 0.15) is 5.52 Å². The number of fused-ring (bicyclic) bond motifs is 1. The fraction of sp³-hybridized carbons (Fsp3) is 0.346. The van der Waals surface area contributed by atoms with E-state index in [0.717, 1.165) is 46.2 Å². The van der Waals surface area contributed by atoms with Gasteiger partial charge in [0.25, 0.3) is 5.56 Å². The molecule has 0 radical (unpaired) electrons. The van der Waals surface area contributed by atoms with Gasteiger partial charge < -0.3 is 9.88 Å². The van der Waals surface area contributed by atoms with Gasteiger partial charge in [-0.05, 0) is 83.4 Å². The van der Waals surface area contributed by atoms with E-state index in [-0.39, 0.29) is 11.0 Å². The van der Waals surface area contributed by atoms with Crippen molar-refractivity contribution < 1.29 is 0 Å². The van der Waals surface area contributed by atoms with Crippen molar-refractivity contribution in [3.63, 3.8) is 0 Å². The number of hydrogen-bond acceptors (Lipinski definition) is 2. The highest BCUT2D eigenvalue weighted by Gasteiger charge is 2.62. The van der Waals surface area contributed by atoms with Crippen LogP contribution in [0.4, 0.5) is 0 Å². The lowest BCUT2D eigenvalue weighted by Gasteiger charge is -2.52. The first-order chi connectivity index (χ1) is 14.8. The summed E-state index contributed by atoms with van der Waals surface area (Å²) in [7, 11) is 2.02. The van der Waals surface area contributed by atoms with Gasteiger partial charge in [-0.2, -0.15) is 0 Å². The molecule has 0 atom stereocenters. The quantitative estimate of drug-likeness (QED) is 0.469. The van der Waals surface area contributed by atoms with Crippen molar-refractivity contribution in [1.82, 2.24) is 14.5 Å². The Balaban J connectivity index is 1.62. The average Bonchev–Trinajstić information content (AvgIpc) is 3.43. The Morgan fingerprint density at radius 2 is 2.06 bits per heavy atom. The highest BCUT2D eigenvalue weighted by atomic mass is 79.9. The Bertz CT molecular complexity index is 1270. The van der Waals surface area contributed by atoms with Gasteiger partial charge in [-0.15, -0.1) is 0 Å². The van der Waals surface area contributed by atoms with Gasteiger partial charge in [-0.25, -0.2) is 0 Å². The van der Waals surface area contributed by atoms with E-state index >= 15 is 0 Å². The smallest absolute Gasteiger partial charge is 0.279 e. The summed E-state index contributed by atoms with van der Waals surface area (Å²) in [6.45, 7) is 10.5. The van der Waals surface area contributed by atoms with Crippen LogP contribution in [0.1, 0.15) is 43.9 Å². The first kappa shape index (κ1) is 20.4. The molecular weight excluding hydrogens is 450 g/mol. The van der Waals surface area contributed by atoms with Crippen molar-refractivity contribution >= 4 is 26.8 Å². The lowest BCUT2D eigenvalue weighted by atomic mass is 9.55. The second-order valence-electron chi connectivity index (χ2n) is 9.32. The number of pyridine rings is 1. The van der Waals surface area contributed by atoms with Crippen LogP contribution in [-0.2, 0) is 11.8 Å². The molecule has 2 aromatic heterocycles. The monoisotopic (exact) mass is 477 g/mol. The van der Waals surface area contributed by atoms with Crippen LogP contribution in [-0.4, -0.2) is 21.5 Å². The summed E-state index contributed by atoms with van der Waals surface area (Å²) >= 11 is 3.67. The largest absolute Gasteiger partial charge is 0.355 e. The summed E-state index contributed by atoms with van der Waals surface area (Å²) in [6.07, 6.45) is 9.45. The van der Waals surface area contributed by atoms with E-state index in [1.54, 1.807) is 4.57 Å². The van der Waals surface area contributed by atoms with Gasteiger partial charge in [-0.1, -0.05) is 32.2 Å². The molecule has 0 amide bonds. The number of benzene rings is 1. The molecule has 1 spiro atoms. The van der Waals surface area contributed by atoms with Gasteiger partial charge in [-0.3, -0.25) is 9.36 Å². The number of nitrogens with one attached hydrogen (secondary N) is 1. The van der Waals surface area contributed by atoms with E-state index in [0.29, 0.717) is 10.9 Å². The molecule has 1 aromatic carbocycles. The third kappa shape index (κ3) is 3.05. The topological polar surface area (TPSA) is 41.0 Å². The number of aryl methyl sites for hydroxylation is 1. The number of allylic oxidation sites excluding steroid dienone is 1. The second-order valence-corrected chi connectivity index (χ2v) is 10.2. The number of halogens is 1. The lowest BCUT2D eigenvalue weighted by molar-refractivity contribution is 0.131. The molecule has 2 aliphatic carbocycles. The molecule has 3 aromatic rings. The Hall–Kier alpha value is -2.53. The number of rotatable bonds is 6. The zero-order valence-electron chi connectivity index (χ0n) is 18.2. The van der Waals surface area contributed by atoms with Crippen molar-refractivity contribution in [2.45, 2.75) is 44.4 Å². The minimum absolute atomic E-state index is 0.0293. The van der Waals surface area contributed by atoms with Crippen molar-refractivity contribution in [2.24, 2.45) is 5.41 Å². The molecule has 31 heavy (non-hydrogen) atoms. The molecule has 2 aliphatic rings. The fourth-order valence-corrected chi connectivity index (χ4v) is 5.86. The summed E-state index contributed by atoms with van der Waals surface area (Å²) < 4.78 is 2.65. The number of likely N-dealkylation sites (N-methyl/N-ethyl adjacent to an activating group) is 1. The minimum atomic E-state index is -0.0950. The highest BCUT2D eigenvalue weighted by Crippen LogP contribution is 2.71. The van der Waals surface area contributed by atoms with Crippen molar-refractivity contribution in [3.8, 4) is 5.69 Å². The van der Waals surface area contributed by atoms with E-state index < -0.39 is 0 Å². The van der Waals surface area contributed by atoms with Crippen LogP contribution in [0.15, 0.2) is 70.9 Å². The second kappa shape index (κ2) is 6.99. The maximum absolute atomic E-state index is 13.3. The standard InChI is InChI=1S/C26H28BrN3O/c1-5-19-13-21-22(27)14-30(24(31)23(21)28-19)20-9-7-8-18(12-20)26(17(3)29(4)6-2)15-25(16-26)10-11-25/h6-9,12-14,28H,2-3,5,10-11,15-16H2,1,4H3. The third-order valence-electron chi connectivity index (χ3n) is 7.43. The van der Waals surface area contributed by atoms with Gasteiger partial charge >= 0.3 is 0 Å². The predicted molar refractivity (Wildman–Crippen MR) is 131 cm³/mol. The van der Waals surface area contributed by atoms with Crippen LogP contribution in [0.25, 0.3) is 16.6 Å². The number of aromatic nitrogens is 2. The van der Waals surface area contributed by atoms with Crippen LogP contribution >= 0.6 is 15.9 Å².